The second-order valence-corrected chi connectivity index (χ2v) is 5.29. The highest BCUT2D eigenvalue weighted by Crippen LogP contribution is 2.23. The van der Waals surface area contributed by atoms with Crippen molar-refractivity contribution >= 4 is 22.7 Å². The van der Waals surface area contributed by atoms with Crippen LogP contribution in [0.2, 0.25) is 0 Å². The van der Waals surface area contributed by atoms with E-state index in [1.807, 2.05) is 31.2 Å². The van der Waals surface area contributed by atoms with Crippen molar-refractivity contribution in [3.8, 4) is 11.4 Å². The Morgan fingerprint density at radius 1 is 1.08 bits per heavy atom. The molecule has 0 saturated carbocycles. The molecule has 1 aromatic carbocycles. The number of oxazole rings is 1. The summed E-state index contributed by atoms with van der Waals surface area (Å²) in [7, 11) is 0. The van der Waals surface area contributed by atoms with Crippen LogP contribution in [0.15, 0.2) is 58.0 Å². The topological polar surface area (TPSA) is 96.7 Å². The number of aryl methyl sites for hydroxylation is 1. The van der Waals surface area contributed by atoms with Gasteiger partial charge in [0.2, 0.25) is 5.95 Å². The van der Waals surface area contributed by atoms with Crippen LogP contribution in [0, 0.1) is 6.92 Å². The maximum atomic E-state index is 11.3. The Hall–Kier alpha value is -3.48. The maximum Gasteiger partial charge on any atom is 0.417 e. The Labute approximate surface area is 136 Å². The summed E-state index contributed by atoms with van der Waals surface area (Å²) in [5, 5.41) is 3.13. The number of H-pyrrole nitrogens is 1. The highest BCUT2D eigenvalue weighted by Gasteiger charge is 2.08. The summed E-state index contributed by atoms with van der Waals surface area (Å²) in [6.07, 6.45) is 3.39. The smallest absolute Gasteiger partial charge is 0.408 e. The average Bonchev–Trinajstić information content (AvgIpc) is 2.97. The Morgan fingerprint density at radius 3 is 2.83 bits per heavy atom. The molecule has 2 N–H and O–H groups in total. The Bertz CT molecular complexity index is 1070. The number of aromatic amines is 1. The van der Waals surface area contributed by atoms with E-state index < -0.39 is 5.76 Å². The van der Waals surface area contributed by atoms with Crippen molar-refractivity contribution in [3.63, 3.8) is 0 Å². The van der Waals surface area contributed by atoms with Gasteiger partial charge in [0.1, 0.15) is 0 Å². The summed E-state index contributed by atoms with van der Waals surface area (Å²) in [4.78, 5) is 27.0. The first-order valence-corrected chi connectivity index (χ1v) is 7.34. The van der Waals surface area contributed by atoms with Crippen molar-refractivity contribution in [2.24, 2.45) is 0 Å². The van der Waals surface area contributed by atoms with Gasteiger partial charge in [-0.25, -0.2) is 14.8 Å². The van der Waals surface area contributed by atoms with Gasteiger partial charge in [-0.2, -0.15) is 0 Å². The fourth-order valence-electron chi connectivity index (χ4n) is 2.50. The van der Waals surface area contributed by atoms with Gasteiger partial charge in [0.25, 0.3) is 0 Å². The highest BCUT2D eigenvalue weighted by molar-refractivity contribution is 5.81. The van der Waals surface area contributed by atoms with Crippen LogP contribution < -0.4 is 11.1 Å². The van der Waals surface area contributed by atoms with E-state index in [9.17, 15) is 4.79 Å². The molecule has 0 amide bonds. The molecule has 7 heteroatoms. The third-order valence-electron chi connectivity index (χ3n) is 3.57. The summed E-state index contributed by atoms with van der Waals surface area (Å²) in [6, 6.07) is 11.1. The standard InChI is InChI=1S/C17H13N5O2/c1-10-8-11(9-14-15(10)22-17(23)24-14)20-16-19-7-5-13(21-16)12-4-2-3-6-18-12/h2-9H,1H3,(H,22,23)(H,19,20,21). The van der Waals surface area contributed by atoms with Gasteiger partial charge in [0, 0.05) is 24.1 Å². The minimum absolute atomic E-state index is 0.440. The molecular formula is C17H13N5O2. The molecule has 7 nitrogen and oxygen atoms in total. The number of fused-ring (bicyclic) bond motifs is 1. The van der Waals surface area contributed by atoms with Crippen molar-refractivity contribution in [3.05, 3.63) is 64.9 Å². The van der Waals surface area contributed by atoms with Gasteiger partial charge in [0.05, 0.1) is 16.9 Å². The summed E-state index contributed by atoms with van der Waals surface area (Å²) >= 11 is 0. The van der Waals surface area contributed by atoms with E-state index in [0.29, 0.717) is 17.0 Å². The molecular weight excluding hydrogens is 306 g/mol. The van der Waals surface area contributed by atoms with Gasteiger partial charge in [-0.15, -0.1) is 0 Å². The zero-order valence-corrected chi connectivity index (χ0v) is 12.8. The molecule has 0 atom stereocenters. The highest BCUT2D eigenvalue weighted by atomic mass is 16.4. The van der Waals surface area contributed by atoms with Crippen LogP contribution in [0.3, 0.4) is 0 Å². The van der Waals surface area contributed by atoms with Crippen LogP contribution >= 0.6 is 0 Å². The van der Waals surface area contributed by atoms with Crippen molar-refractivity contribution in [2.75, 3.05) is 5.32 Å². The number of hydrogen-bond donors (Lipinski definition) is 2. The van der Waals surface area contributed by atoms with Gasteiger partial charge < -0.3 is 9.73 Å². The number of benzene rings is 1. The predicted molar refractivity (Wildman–Crippen MR) is 90.1 cm³/mol. The van der Waals surface area contributed by atoms with Crippen molar-refractivity contribution in [2.45, 2.75) is 6.92 Å². The van der Waals surface area contributed by atoms with Crippen LogP contribution in [-0.2, 0) is 0 Å². The van der Waals surface area contributed by atoms with Gasteiger partial charge in [-0.1, -0.05) is 6.07 Å². The van der Waals surface area contributed by atoms with Gasteiger partial charge in [-0.3, -0.25) is 9.97 Å². The first-order chi connectivity index (χ1) is 11.7. The van der Waals surface area contributed by atoms with Crippen LogP contribution in [0.4, 0.5) is 11.6 Å². The van der Waals surface area contributed by atoms with E-state index in [1.165, 1.54) is 0 Å². The molecule has 0 unspecified atom stereocenters. The van der Waals surface area contributed by atoms with E-state index in [1.54, 1.807) is 24.5 Å². The lowest BCUT2D eigenvalue weighted by molar-refractivity contribution is 0.555. The number of hydrogen-bond acceptors (Lipinski definition) is 6. The summed E-state index contributed by atoms with van der Waals surface area (Å²) in [5.41, 5.74) is 4.30. The molecule has 0 spiro atoms. The van der Waals surface area contributed by atoms with Crippen molar-refractivity contribution in [1.82, 2.24) is 19.9 Å². The molecule has 0 aliphatic rings. The first-order valence-electron chi connectivity index (χ1n) is 7.34. The SMILES string of the molecule is Cc1cc(Nc2nccc(-c3ccccn3)n2)cc2oc(=O)[nH]c12. The fourth-order valence-corrected chi connectivity index (χ4v) is 2.50. The molecule has 118 valence electrons. The molecule has 0 radical (unpaired) electrons. The Morgan fingerprint density at radius 2 is 2.00 bits per heavy atom. The van der Waals surface area contributed by atoms with Crippen LogP contribution in [0.25, 0.3) is 22.5 Å². The first kappa shape index (κ1) is 14.1. The second kappa shape index (κ2) is 5.62. The lowest BCUT2D eigenvalue weighted by Gasteiger charge is -2.07. The quantitative estimate of drug-likeness (QED) is 0.602. The minimum Gasteiger partial charge on any atom is -0.408 e. The molecule has 0 aliphatic carbocycles. The number of nitrogens with zero attached hydrogens (tertiary/aromatic N) is 3. The molecule has 0 saturated heterocycles. The molecule has 0 fully saturated rings. The largest absolute Gasteiger partial charge is 0.417 e. The minimum atomic E-state index is -0.473. The molecule has 4 aromatic rings. The molecule has 3 heterocycles. The zero-order valence-electron chi connectivity index (χ0n) is 12.8. The van der Waals surface area contributed by atoms with Crippen LogP contribution in [0.5, 0.6) is 0 Å². The third kappa shape index (κ3) is 2.63. The predicted octanol–water partition coefficient (Wildman–Crippen LogP) is 3.03. The molecule has 24 heavy (non-hydrogen) atoms. The monoisotopic (exact) mass is 319 g/mol. The summed E-state index contributed by atoms with van der Waals surface area (Å²) in [5.74, 6) is -0.0339. The Kier molecular flexibility index (Phi) is 3.31. The number of aromatic nitrogens is 4. The molecule has 0 bridgehead atoms. The van der Waals surface area contributed by atoms with Crippen LogP contribution in [0.1, 0.15) is 5.56 Å². The van der Waals surface area contributed by atoms with Crippen molar-refractivity contribution < 1.29 is 4.42 Å². The number of pyridine rings is 1. The van der Waals surface area contributed by atoms with Crippen LogP contribution in [-0.4, -0.2) is 19.9 Å². The maximum absolute atomic E-state index is 11.3. The van der Waals surface area contributed by atoms with Gasteiger partial charge in [-0.05, 0) is 36.8 Å². The third-order valence-corrected chi connectivity index (χ3v) is 3.57. The summed E-state index contributed by atoms with van der Waals surface area (Å²) in [6.45, 7) is 1.89. The van der Waals surface area contributed by atoms with Gasteiger partial charge >= 0.3 is 5.76 Å². The lowest BCUT2D eigenvalue weighted by atomic mass is 10.2. The number of anilines is 2. The van der Waals surface area contributed by atoms with E-state index in [-0.39, 0.29) is 0 Å². The fraction of sp³-hybridized carbons (Fsp3) is 0.0588. The number of rotatable bonds is 3. The normalized spacial score (nSPS) is 10.9. The van der Waals surface area contributed by atoms with Gasteiger partial charge in [0.15, 0.2) is 5.58 Å². The zero-order chi connectivity index (χ0) is 16.5. The summed E-state index contributed by atoms with van der Waals surface area (Å²) < 4.78 is 5.12. The Balaban J connectivity index is 1.70. The van der Waals surface area contributed by atoms with E-state index in [0.717, 1.165) is 22.6 Å². The van der Waals surface area contributed by atoms with Crippen molar-refractivity contribution in [1.29, 1.82) is 0 Å². The molecule has 4 rings (SSSR count). The molecule has 0 aliphatic heterocycles. The number of nitrogens with one attached hydrogen (secondary N) is 2. The van der Waals surface area contributed by atoms with E-state index in [4.69, 9.17) is 4.42 Å². The molecule has 3 aromatic heterocycles. The second-order valence-electron chi connectivity index (χ2n) is 5.29. The average molecular weight is 319 g/mol. The van der Waals surface area contributed by atoms with E-state index >= 15 is 0 Å². The van der Waals surface area contributed by atoms with E-state index in [2.05, 4.69) is 25.3 Å². The lowest BCUT2D eigenvalue weighted by Crippen LogP contribution is -1.99.